The summed E-state index contributed by atoms with van der Waals surface area (Å²) in [5, 5.41) is 6.00. The minimum Gasteiger partial charge on any atom is -0.486 e. The number of amides is 1. The Balaban J connectivity index is 1.27. The van der Waals surface area contributed by atoms with Crippen LogP contribution in [0.4, 0.5) is 17.6 Å². The van der Waals surface area contributed by atoms with Gasteiger partial charge in [0.05, 0.1) is 10.7 Å². The van der Waals surface area contributed by atoms with Crippen LogP contribution in [0.5, 0.6) is 5.75 Å². The maximum absolute atomic E-state index is 13.1. The zero-order chi connectivity index (χ0) is 23.6. The van der Waals surface area contributed by atoms with Gasteiger partial charge in [0.1, 0.15) is 23.9 Å². The van der Waals surface area contributed by atoms with E-state index < -0.39 is 17.8 Å². The van der Waals surface area contributed by atoms with Crippen LogP contribution in [-0.2, 0) is 19.3 Å². The second-order valence-electron chi connectivity index (χ2n) is 7.66. The van der Waals surface area contributed by atoms with Crippen LogP contribution in [0.3, 0.4) is 0 Å². The number of ether oxygens (including phenoxy) is 1. The monoisotopic (exact) mass is 485 g/mol. The first kappa shape index (κ1) is 23.2. The summed E-state index contributed by atoms with van der Waals surface area (Å²) in [5.74, 6) is 0.0999. The van der Waals surface area contributed by atoms with Gasteiger partial charge in [0, 0.05) is 19.0 Å². The molecule has 0 aliphatic heterocycles. The number of aromatic nitrogens is 2. The summed E-state index contributed by atoms with van der Waals surface area (Å²) in [7, 11) is 0. The van der Waals surface area contributed by atoms with Crippen LogP contribution in [0.15, 0.2) is 40.8 Å². The molecule has 0 saturated heterocycles. The summed E-state index contributed by atoms with van der Waals surface area (Å²) in [6, 6.07) is 8.57. The van der Waals surface area contributed by atoms with E-state index in [9.17, 15) is 22.4 Å². The van der Waals surface area contributed by atoms with Crippen molar-refractivity contribution >= 4 is 17.5 Å². The number of hydrogen-bond donors (Lipinski definition) is 1. The normalized spacial score (nSPS) is 13.8. The number of halogens is 5. The molecule has 0 atom stereocenters. The van der Waals surface area contributed by atoms with E-state index in [0.29, 0.717) is 23.6 Å². The molecule has 33 heavy (non-hydrogen) atoms. The van der Waals surface area contributed by atoms with Crippen LogP contribution in [0.1, 0.15) is 52.9 Å². The van der Waals surface area contributed by atoms with Crippen molar-refractivity contribution < 1.29 is 31.5 Å². The molecule has 0 unspecified atom stereocenters. The summed E-state index contributed by atoms with van der Waals surface area (Å²) in [6.07, 6.45) is -2.68. The Morgan fingerprint density at radius 1 is 1.21 bits per heavy atom. The highest BCUT2D eigenvalue weighted by Crippen LogP contribution is 2.46. The molecule has 1 fully saturated rings. The highest BCUT2D eigenvalue weighted by molar-refractivity contribution is 6.32. The van der Waals surface area contributed by atoms with E-state index in [4.69, 9.17) is 20.8 Å². The number of nitrogens with one attached hydrogen (secondary N) is 1. The van der Waals surface area contributed by atoms with Crippen LogP contribution in [0, 0.1) is 5.82 Å². The molecule has 3 aromatic rings. The fraction of sp³-hybridized carbons (Fsp3) is 0.364. The summed E-state index contributed by atoms with van der Waals surface area (Å²) in [6.45, 7) is 0.463. The second kappa shape index (κ2) is 9.46. The van der Waals surface area contributed by atoms with Gasteiger partial charge in [-0.25, -0.2) is 4.39 Å². The van der Waals surface area contributed by atoms with E-state index in [2.05, 4.69) is 10.4 Å². The molecule has 2 aromatic heterocycles. The van der Waals surface area contributed by atoms with Gasteiger partial charge < -0.3 is 14.5 Å². The first-order valence-electron chi connectivity index (χ1n) is 10.3. The number of rotatable bonds is 9. The number of alkyl halides is 3. The van der Waals surface area contributed by atoms with E-state index >= 15 is 0 Å². The van der Waals surface area contributed by atoms with E-state index in [1.54, 1.807) is 6.07 Å². The molecule has 0 bridgehead atoms. The number of carbonyl (C=O) groups is 1. The lowest BCUT2D eigenvalue weighted by Gasteiger charge is -2.08. The average Bonchev–Trinajstić information content (AvgIpc) is 3.37. The second-order valence-corrected chi connectivity index (χ2v) is 8.04. The Labute approximate surface area is 191 Å². The van der Waals surface area contributed by atoms with Gasteiger partial charge in [0.2, 0.25) is 0 Å². The Morgan fingerprint density at radius 3 is 2.61 bits per heavy atom. The van der Waals surface area contributed by atoms with Crippen molar-refractivity contribution in [3.8, 4) is 5.75 Å². The van der Waals surface area contributed by atoms with E-state index in [0.717, 1.165) is 12.8 Å². The van der Waals surface area contributed by atoms with Crippen molar-refractivity contribution in [1.82, 2.24) is 15.1 Å². The molecular weight excluding hydrogens is 466 g/mol. The van der Waals surface area contributed by atoms with Gasteiger partial charge in [-0.3, -0.25) is 9.48 Å². The van der Waals surface area contributed by atoms with Crippen LogP contribution < -0.4 is 10.1 Å². The van der Waals surface area contributed by atoms with Crippen LogP contribution >= 0.6 is 11.6 Å². The molecule has 1 aromatic carbocycles. The van der Waals surface area contributed by atoms with Crippen molar-refractivity contribution in [1.29, 1.82) is 0 Å². The van der Waals surface area contributed by atoms with Crippen LogP contribution in [0.25, 0.3) is 0 Å². The molecule has 0 radical (unpaired) electrons. The number of benzene rings is 1. The summed E-state index contributed by atoms with van der Waals surface area (Å²) >= 11 is 5.95. The maximum Gasteiger partial charge on any atom is 0.436 e. The van der Waals surface area contributed by atoms with Gasteiger partial charge in [-0.15, -0.1) is 0 Å². The van der Waals surface area contributed by atoms with Gasteiger partial charge in [-0.05, 0) is 55.7 Å². The van der Waals surface area contributed by atoms with Crippen molar-refractivity contribution in [3.05, 3.63) is 70.1 Å². The van der Waals surface area contributed by atoms with Crippen LogP contribution in [-0.4, -0.2) is 22.2 Å². The minimum absolute atomic E-state index is 0.00522. The van der Waals surface area contributed by atoms with Crippen molar-refractivity contribution in [2.45, 2.75) is 44.5 Å². The number of hydrogen-bond acceptors (Lipinski definition) is 4. The quantitative estimate of drug-likeness (QED) is 0.318. The molecule has 1 saturated carbocycles. The van der Waals surface area contributed by atoms with Crippen LogP contribution in [0.2, 0.25) is 5.02 Å². The third-order valence-electron chi connectivity index (χ3n) is 5.08. The Morgan fingerprint density at radius 2 is 1.94 bits per heavy atom. The fourth-order valence-electron chi connectivity index (χ4n) is 3.33. The zero-order valence-corrected chi connectivity index (χ0v) is 18.0. The summed E-state index contributed by atoms with van der Waals surface area (Å²) < 4.78 is 64.5. The number of nitrogens with zero attached hydrogens (tertiary/aromatic N) is 2. The molecule has 1 N–H and O–H groups in total. The highest BCUT2D eigenvalue weighted by atomic mass is 35.5. The van der Waals surface area contributed by atoms with Crippen molar-refractivity contribution in [2.75, 3.05) is 6.54 Å². The van der Waals surface area contributed by atoms with E-state index in [-0.39, 0.29) is 42.2 Å². The first-order valence-corrected chi connectivity index (χ1v) is 10.7. The molecule has 4 rings (SSSR count). The van der Waals surface area contributed by atoms with Gasteiger partial charge >= 0.3 is 6.18 Å². The Hall–Kier alpha value is -3.01. The predicted molar refractivity (Wildman–Crippen MR) is 111 cm³/mol. The Bertz CT molecular complexity index is 1120. The Kier molecular flexibility index (Phi) is 6.64. The predicted octanol–water partition coefficient (Wildman–Crippen LogP) is 5.56. The molecule has 176 valence electrons. The minimum atomic E-state index is -4.61. The average molecular weight is 486 g/mol. The zero-order valence-electron chi connectivity index (χ0n) is 17.3. The topological polar surface area (TPSA) is 69.3 Å². The van der Waals surface area contributed by atoms with Gasteiger partial charge in [0.25, 0.3) is 5.91 Å². The number of aryl methyl sites for hydroxylation is 1. The fourth-order valence-corrected chi connectivity index (χ4v) is 3.73. The molecule has 1 amide bonds. The third kappa shape index (κ3) is 5.68. The van der Waals surface area contributed by atoms with Crippen molar-refractivity contribution in [2.24, 2.45) is 0 Å². The molecule has 1 aliphatic carbocycles. The number of furan rings is 1. The lowest BCUT2D eigenvalue weighted by Crippen LogP contribution is -2.25. The number of carbonyl (C=O) groups excluding carboxylic acids is 1. The van der Waals surface area contributed by atoms with Gasteiger partial charge in [-0.1, -0.05) is 11.6 Å². The van der Waals surface area contributed by atoms with Gasteiger partial charge in [0.15, 0.2) is 11.5 Å². The molecule has 11 heteroatoms. The lowest BCUT2D eigenvalue weighted by molar-refractivity contribution is -0.141. The lowest BCUT2D eigenvalue weighted by atomic mass is 10.2. The molecule has 2 heterocycles. The molecule has 6 nitrogen and oxygen atoms in total. The first-order chi connectivity index (χ1) is 15.7. The summed E-state index contributed by atoms with van der Waals surface area (Å²) in [4.78, 5) is 12.3. The highest BCUT2D eigenvalue weighted by Gasteiger charge is 2.41. The molecule has 0 spiro atoms. The SMILES string of the molecule is O=C(NCCCn1nc(C(F)(F)F)c(Cl)c1C1CC1)c1ccc(COc2ccc(F)cc2)o1. The summed E-state index contributed by atoms with van der Waals surface area (Å²) in [5.41, 5.74) is -0.659. The molecular formula is C22H20ClF4N3O3. The third-order valence-corrected chi connectivity index (χ3v) is 5.45. The van der Waals surface area contributed by atoms with E-state index in [1.165, 1.54) is 35.0 Å². The molecule has 1 aliphatic rings. The maximum atomic E-state index is 13.1. The van der Waals surface area contributed by atoms with Crippen molar-refractivity contribution in [3.63, 3.8) is 0 Å². The largest absolute Gasteiger partial charge is 0.486 e. The smallest absolute Gasteiger partial charge is 0.436 e. The standard InChI is InChI=1S/C22H20ClF4N3O3/c23-18-19(13-2-3-13)30(29-20(18)22(25,26)27)11-1-10-28-21(31)17-9-8-16(33-17)12-32-15-6-4-14(24)5-7-15/h4-9,13H,1-3,10-12H2,(H,28,31). The van der Waals surface area contributed by atoms with Gasteiger partial charge in [-0.2, -0.15) is 18.3 Å². The van der Waals surface area contributed by atoms with E-state index in [1.807, 2.05) is 0 Å².